The van der Waals surface area contributed by atoms with Crippen LogP contribution in [0.1, 0.15) is 55.1 Å². The van der Waals surface area contributed by atoms with Crippen molar-refractivity contribution >= 4 is 5.97 Å². The van der Waals surface area contributed by atoms with E-state index in [1.165, 1.54) is 0 Å². The Labute approximate surface area is 87.5 Å². The van der Waals surface area contributed by atoms with E-state index < -0.39 is 5.97 Å². The zero-order chi connectivity index (χ0) is 10.8. The highest BCUT2D eigenvalue weighted by molar-refractivity contribution is 5.81. The standard InChI is InChI=1S/C10H14N2O3/c1-6-2-4-7(5-3-6)8-11-12-9(15-8)10(13)14/h6-7H,2-5H2,1H3,(H,13,14). The van der Waals surface area contributed by atoms with Gasteiger partial charge < -0.3 is 9.52 Å². The number of aromatic carboxylic acids is 1. The molecule has 1 heterocycles. The predicted molar refractivity (Wildman–Crippen MR) is 51.6 cm³/mol. The van der Waals surface area contributed by atoms with Crippen LogP contribution in [-0.2, 0) is 0 Å². The van der Waals surface area contributed by atoms with Crippen LogP contribution in [0.25, 0.3) is 0 Å². The fraction of sp³-hybridized carbons (Fsp3) is 0.700. The van der Waals surface area contributed by atoms with Crippen molar-refractivity contribution in [1.82, 2.24) is 10.2 Å². The Morgan fingerprint density at radius 3 is 2.53 bits per heavy atom. The van der Waals surface area contributed by atoms with Crippen LogP contribution in [0.3, 0.4) is 0 Å². The molecule has 5 nitrogen and oxygen atoms in total. The predicted octanol–water partition coefficient (Wildman–Crippen LogP) is 2.06. The van der Waals surface area contributed by atoms with Crippen molar-refractivity contribution in [3.63, 3.8) is 0 Å². The number of hydrogen-bond donors (Lipinski definition) is 1. The van der Waals surface area contributed by atoms with Crippen molar-refractivity contribution in [2.24, 2.45) is 5.92 Å². The maximum atomic E-state index is 10.6. The highest BCUT2D eigenvalue weighted by atomic mass is 16.4. The van der Waals surface area contributed by atoms with E-state index in [1.807, 2.05) is 0 Å². The Morgan fingerprint density at radius 1 is 1.33 bits per heavy atom. The molecule has 0 unspecified atom stereocenters. The molecule has 1 aliphatic rings. The summed E-state index contributed by atoms with van der Waals surface area (Å²) >= 11 is 0. The summed E-state index contributed by atoms with van der Waals surface area (Å²) in [5.74, 6) is 0.0331. The minimum absolute atomic E-state index is 0.252. The van der Waals surface area contributed by atoms with Gasteiger partial charge in [0.25, 0.3) is 0 Å². The average molecular weight is 210 g/mol. The lowest BCUT2D eigenvalue weighted by Gasteiger charge is -2.23. The fourth-order valence-electron chi connectivity index (χ4n) is 1.99. The van der Waals surface area contributed by atoms with Crippen LogP contribution < -0.4 is 0 Å². The van der Waals surface area contributed by atoms with Crippen LogP contribution in [0.4, 0.5) is 0 Å². The fourth-order valence-corrected chi connectivity index (χ4v) is 1.99. The Balaban J connectivity index is 2.06. The molecule has 0 amide bonds. The molecule has 0 radical (unpaired) electrons. The van der Waals surface area contributed by atoms with Gasteiger partial charge in [0.2, 0.25) is 5.89 Å². The van der Waals surface area contributed by atoms with E-state index in [1.54, 1.807) is 0 Å². The van der Waals surface area contributed by atoms with E-state index in [2.05, 4.69) is 17.1 Å². The third-order valence-electron chi connectivity index (χ3n) is 2.99. The Kier molecular flexibility index (Phi) is 2.70. The van der Waals surface area contributed by atoms with E-state index in [4.69, 9.17) is 9.52 Å². The number of nitrogens with zero attached hydrogens (tertiary/aromatic N) is 2. The molecule has 0 aliphatic heterocycles. The van der Waals surface area contributed by atoms with Gasteiger partial charge in [0, 0.05) is 5.92 Å². The monoisotopic (exact) mass is 210 g/mol. The van der Waals surface area contributed by atoms with Crippen LogP contribution in [0, 0.1) is 5.92 Å². The first-order chi connectivity index (χ1) is 7.16. The van der Waals surface area contributed by atoms with Gasteiger partial charge in [0.05, 0.1) is 0 Å². The van der Waals surface area contributed by atoms with E-state index in [9.17, 15) is 4.79 Å². The summed E-state index contributed by atoms with van der Waals surface area (Å²) < 4.78 is 5.10. The van der Waals surface area contributed by atoms with E-state index in [0.717, 1.165) is 31.6 Å². The first-order valence-corrected chi connectivity index (χ1v) is 5.23. The summed E-state index contributed by atoms with van der Waals surface area (Å²) in [6.45, 7) is 2.23. The van der Waals surface area contributed by atoms with Gasteiger partial charge in [0.15, 0.2) is 0 Å². The van der Waals surface area contributed by atoms with Crippen LogP contribution in [0.5, 0.6) is 0 Å². The van der Waals surface area contributed by atoms with Crippen LogP contribution in [0.2, 0.25) is 0 Å². The lowest BCUT2D eigenvalue weighted by Crippen LogP contribution is -2.11. The summed E-state index contributed by atoms with van der Waals surface area (Å²) in [7, 11) is 0. The number of carboxylic acid groups (broad SMARTS) is 1. The largest absolute Gasteiger partial charge is 0.474 e. The Bertz CT molecular complexity index is 353. The van der Waals surface area contributed by atoms with Crippen molar-refractivity contribution in [1.29, 1.82) is 0 Å². The number of rotatable bonds is 2. The van der Waals surface area contributed by atoms with Gasteiger partial charge in [-0.15, -0.1) is 10.2 Å². The second kappa shape index (κ2) is 4.00. The van der Waals surface area contributed by atoms with Gasteiger partial charge in [0.1, 0.15) is 0 Å². The van der Waals surface area contributed by atoms with Crippen LogP contribution in [-0.4, -0.2) is 21.3 Å². The molecule has 82 valence electrons. The lowest BCUT2D eigenvalue weighted by atomic mass is 9.83. The summed E-state index contributed by atoms with van der Waals surface area (Å²) in [6.07, 6.45) is 4.33. The number of aromatic nitrogens is 2. The minimum atomic E-state index is -1.15. The van der Waals surface area contributed by atoms with Gasteiger partial charge >= 0.3 is 11.9 Å². The molecule has 1 aromatic heterocycles. The maximum absolute atomic E-state index is 10.6. The number of carbonyl (C=O) groups is 1. The molecular weight excluding hydrogens is 196 g/mol. The van der Waals surface area contributed by atoms with Gasteiger partial charge in [-0.1, -0.05) is 6.92 Å². The van der Waals surface area contributed by atoms with E-state index >= 15 is 0 Å². The second-order valence-electron chi connectivity index (χ2n) is 4.21. The van der Waals surface area contributed by atoms with Crippen LogP contribution in [0.15, 0.2) is 4.42 Å². The summed E-state index contributed by atoms with van der Waals surface area (Å²) in [4.78, 5) is 10.6. The number of carboxylic acids is 1. The second-order valence-corrected chi connectivity index (χ2v) is 4.21. The molecule has 0 spiro atoms. The molecule has 5 heteroatoms. The summed E-state index contributed by atoms with van der Waals surface area (Å²) in [6, 6.07) is 0. The Hall–Kier alpha value is -1.39. The third kappa shape index (κ3) is 2.16. The maximum Gasteiger partial charge on any atom is 0.393 e. The van der Waals surface area contributed by atoms with Crippen LogP contribution >= 0.6 is 0 Å². The molecule has 0 bridgehead atoms. The minimum Gasteiger partial charge on any atom is -0.474 e. The number of hydrogen-bond acceptors (Lipinski definition) is 4. The highest BCUT2D eigenvalue weighted by Gasteiger charge is 2.25. The van der Waals surface area contributed by atoms with Gasteiger partial charge in [-0.3, -0.25) is 0 Å². The summed E-state index contributed by atoms with van der Waals surface area (Å²) in [5.41, 5.74) is 0. The zero-order valence-corrected chi connectivity index (χ0v) is 8.64. The first-order valence-electron chi connectivity index (χ1n) is 5.23. The molecule has 2 rings (SSSR count). The van der Waals surface area contributed by atoms with Gasteiger partial charge in [-0.25, -0.2) is 4.79 Å². The molecule has 1 aliphatic carbocycles. The Morgan fingerprint density at radius 2 is 2.00 bits per heavy atom. The van der Waals surface area contributed by atoms with Crippen molar-refractivity contribution in [3.8, 4) is 0 Å². The zero-order valence-electron chi connectivity index (χ0n) is 8.64. The molecule has 15 heavy (non-hydrogen) atoms. The molecule has 1 N–H and O–H groups in total. The van der Waals surface area contributed by atoms with Crippen molar-refractivity contribution in [2.75, 3.05) is 0 Å². The molecule has 0 aromatic carbocycles. The molecule has 1 aromatic rings. The van der Waals surface area contributed by atoms with Gasteiger partial charge in [-0.2, -0.15) is 0 Å². The quantitative estimate of drug-likeness (QED) is 0.808. The van der Waals surface area contributed by atoms with Crippen molar-refractivity contribution in [3.05, 3.63) is 11.8 Å². The van der Waals surface area contributed by atoms with E-state index in [-0.39, 0.29) is 11.8 Å². The lowest BCUT2D eigenvalue weighted by molar-refractivity contribution is 0.0650. The van der Waals surface area contributed by atoms with Gasteiger partial charge in [-0.05, 0) is 31.6 Å². The van der Waals surface area contributed by atoms with Crippen molar-refractivity contribution in [2.45, 2.75) is 38.5 Å². The average Bonchev–Trinajstić information content (AvgIpc) is 2.68. The van der Waals surface area contributed by atoms with E-state index in [0.29, 0.717) is 5.89 Å². The highest BCUT2D eigenvalue weighted by Crippen LogP contribution is 2.34. The SMILES string of the molecule is CC1CCC(c2nnc(C(=O)O)o2)CC1. The molecular formula is C10H14N2O3. The normalized spacial score (nSPS) is 26.5. The molecule has 0 saturated heterocycles. The smallest absolute Gasteiger partial charge is 0.393 e. The first kappa shape index (κ1) is 10.1. The third-order valence-corrected chi connectivity index (χ3v) is 2.99. The topological polar surface area (TPSA) is 76.2 Å². The molecule has 1 fully saturated rings. The summed E-state index contributed by atoms with van der Waals surface area (Å²) in [5, 5.41) is 15.9. The molecule has 0 atom stereocenters. The molecule has 1 saturated carbocycles. The van der Waals surface area contributed by atoms with Crippen molar-refractivity contribution < 1.29 is 14.3 Å².